The Labute approximate surface area is 434 Å². The molecule has 2 fully saturated rings. The minimum Gasteiger partial charge on any atom is -0.429 e. The summed E-state index contributed by atoms with van der Waals surface area (Å²) in [5.41, 5.74) is 3.93. The molecule has 2 amide bonds. The van der Waals surface area contributed by atoms with Crippen molar-refractivity contribution in [2.24, 2.45) is 21.5 Å². The Hall–Kier alpha value is -7.64. The quantitative estimate of drug-likeness (QED) is 0.0314. The van der Waals surface area contributed by atoms with E-state index in [-0.39, 0.29) is 50.2 Å². The highest BCUT2D eigenvalue weighted by molar-refractivity contribution is 6.34. The number of benzene rings is 2. The molecule has 17 nitrogen and oxygen atoms in total. The van der Waals surface area contributed by atoms with Gasteiger partial charge in [0.05, 0.1) is 45.7 Å². The number of nitriles is 2. The van der Waals surface area contributed by atoms with Gasteiger partial charge in [-0.3, -0.25) is 24.5 Å². The van der Waals surface area contributed by atoms with E-state index in [4.69, 9.17) is 44.7 Å². The van der Waals surface area contributed by atoms with E-state index < -0.39 is 94.9 Å². The maximum absolute atomic E-state index is 13.9. The summed E-state index contributed by atoms with van der Waals surface area (Å²) in [6, 6.07) is 12.3. The molecule has 0 spiro atoms. The maximum Gasteiger partial charge on any atom is 0.459 e. The summed E-state index contributed by atoms with van der Waals surface area (Å²) in [6.07, 6.45) is -6.41. The van der Waals surface area contributed by atoms with Gasteiger partial charge < -0.3 is 31.0 Å². The highest BCUT2D eigenvalue weighted by Crippen LogP contribution is 2.44. The first-order valence-electron chi connectivity index (χ1n) is 21.2. The number of carbonyl (C=O) groups is 2. The number of aliphatic imine (C=N–C) groups is 2. The molecule has 77 heavy (non-hydrogen) atoms. The molecule has 2 heterocycles. The van der Waals surface area contributed by atoms with Crippen molar-refractivity contribution in [2.75, 3.05) is 27.9 Å². The molecule has 0 radical (unpaired) electrons. The van der Waals surface area contributed by atoms with Crippen molar-refractivity contribution in [3.63, 3.8) is 0 Å². The lowest BCUT2D eigenvalue weighted by Crippen LogP contribution is -2.43. The number of amides is 2. The molecule has 0 atom stereocenters. The third-order valence-corrected chi connectivity index (χ3v) is 11.7. The second-order valence-electron chi connectivity index (χ2n) is 16.2. The zero-order chi connectivity index (χ0) is 57.8. The summed E-state index contributed by atoms with van der Waals surface area (Å²) in [5.74, 6) is -18.2. The third kappa shape index (κ3) is 13.0. The van der Waals surface area contributed by atoms with E-state index in [1.54, 1.807) is 0 Å². The number of nitrogens with two attached hydrogens (primary N) is 2. The number of nitrogens with zero attached hydrogens (tertiary/aromatic N) is 9. The van der Waals surface area contributed by atoms with Crippen molar-refractivity contribution in [1.29, 1.82) is 10.5 Å². The SMILES string of the molecule is CN=C(C(OC(F)F)=C(N)C(F)(F)C(F)(F)F)n1cc(-c2ccc(Cl)c(C(=O)N(COC)C3(C#N)CC3)c2)cn1.CN=C(C(OC(F)F)=C(N)C(F)(F)C(F)(F)F)n1cc(-c2ccc(Cl)c(C(=O)NC3(C#N)CC3)c2)cn1. The number of ether oxygens (including phenoxy) is 3. The van der Waals surface area contributed by atoms with Crippen molar-refractivity contribution in [1.82, 2.24) is 29.8 Å². The van der Waals surface area contributed by atoms with E-state index in [2.05, 4.69) is 41.0 Å². The minimum absolute atomic E-state index is 0.0181. The number of aromatic nitrogens is 4. The van der Waals surface area contributed by atoms with Crippen LogP contribution in [0.25, 0.3) is 22.3 Å². The maximum atomic E-state index is 13.9. The first-order chi connectivity index (χ1) is 35.8. The van der Waals surface area contributed by atoms with Gasteiger partial charge in [0.2, 0.25) is 0 Å². The van der Waals surface area contributed by atoms with Crippen LogP contribution in [0.4, 0.5) is 61.5 Å². The molecule has 0 bridgehead atoms. The Bertz CT molecular complexity index is 3100. The molecule has 0 aliphatic heterocycles. The fourth-order valence-corrected chi connectivity index (χ4v) is 7.07. The van der Waals surface area contributed by atoms with Crippen molar-refractivity contribution >= 4 is 46.7 Å². The number of allylic oxidation sites excluding steroid dienone is 4. The Morgan fingerprint density at radius 3 is 1.48 bits per heavy atom. The summed E-state index contributed by atoms with van der Waals surface area (Å²) >= 11 is 12.3. The summed E-state index contributed by atoms with van der Waals surface area (Å²) in [4.78, 5) is 34.0. The van der Waals surface area contributed by atoms with Crippen molar-refractivity contribution in [3.05, 3.63) is 105 Å². The fourth-order valence-electron chi connectivity index (χ4n) is 6.67. The van der Waals surface area contributed by atoms with Gasteiger partial charge in [-0.15, -0.1) is 0 Å². The summed E-state index contributed by atoms with van der Waals surface area (Å²) in [6.45, 7) is -7.87. The van der Waals surface area contributed by atoms with Crippen LogP contribution in [-0.2, 0) is 14.2 Å². The molecule has 0 saturated heterocycles. The number of alkyl halides is 14. The van der Waals surface area contributed by atoms with Crippen LogP contribution in [0, 0.1) is 22.7 Å². The van der Waals surface area contributed by atoms with E-state index in [9.17, 15) is 76.3 Å². The summed E-state index contributed by atoms with van der Waals surface area (Å²) in [5, 5.41) is 28.9. The number of hydrogen-bond acceptors (Lipinski definition) is 13. The van der Waals surface area contributed by atoms with Gasteiger partial charge in [-0.05, 0) is 61.1 Å². The molecule has 4 aromatic rings. The average Bonchev–Trinajstić information content (AvgIpc) is 4.21. The number of rotatable bonds is 16. The topological polar surface area (TPSA) is 237 Å². The predicted molar refractivity (Wildman–Crippen MR) is 242 cm³/mol. The summed E-state index contributed by atoms with van der Waals surface area (Å²) in [7, 11) is 3.14. The largest absolute Gasteiger partial charge is 0.459 e. The first-order valence-corrected chi connectivity index (χ1v) is 21.9. The third-order valence-electron chi connectivity index (χ3n) is 11.1. The number of methoxy groups -OCH3 is 1. The standard InChI is InChI=1S/C23H20ClF7N6O3.C21H16ClF7N6O2/c1-34-18(16(40-20(25)26)17(33)22(27,28)23(29,30)31)37-9-13(8-35-37)12-3-4-15(24)14(7-12)19(38)36(11-39-2)21(10-32)5-6-21;1-32-16(14(37-18(23)24)15(31)20(25,26)21(27,28)29)35-8-11(7-33-35)10-2-3-13(22)12(6-10)17(36)34-19(9-30)4-5-19/h3-4,7-9,20H,5-6,11,33H2,1-2H3;2-3,6-8,18H,4-5,31H2,1H3,(H,34,36). The average molecular weight is 1150 g/mol. The second-order valence-corrected chi connectivity index (χ2v) is 17.0. The molecule has 2 aromatic heterocycles. The van der Waals surface area contributed by atoms with Crippen LogP contribution in [0.1, 0.15) is 46.4 Å². The smallest absolute Gasteiger partial charge is 0.429 e. The lowest BCUT2D eigenvalue weighted by atomic mass is 10.0. The molecular weight excluding hydrogens is 1110 g/mol. The van der Waals surface area contributed by atoms with E-state index >= 15 is 0 Å². The zero-order valence-corrected chi connectivity index (χ0v) is 40.7. The van der Waals surface area contributed by atoms with Gasteiger partial charge in [0.25, 0.3) is 11.8 Å². The Kier molecular flexibility index (Phi) is 17.9. The Morgan fingerprint density at radius 2 is 1.14 bits per heavy atom. The van der Waals surface area contributed by atoms with E-state index in [1.807, 2.05) is 6.07 Å². The number of carbonyl (C=O) groups excluding carboxylic acids is 2. The molecule has 2 aliphatic carbocycles. The van der Waals surface area contributed by atoms with Crippen LogP contribution in [0.15, 0.2) is 94.1 Å². The van der Waals surface area contributed by atoms with Crippen molar-refractivity contribution < 1.29 is 85.3 Å². The Morgan fingerprint density at radius 1 is 0.727 bits per heavy atom. The van der Waals surface area contributed by atoms with Crippen LogP contribution in [-0.4, -0.2) is 124 Å². The lowest BCUT2D eigenvalue weighted by Gasteiger charge is -2.27. The van der Waals surface area contributed by atoms with Gasteiger partial charge in [0, 0.05) is 44.7 Å². The normalized spacial score (nSPS) is 16.0. The van der Waals surface area contributed by atoms with Crippen LogP contribution in [0.3, 0.4) is 0 Å². The number of halogens is 16. The molecule has 0 unspecified atom stereocenters. The van der Waals surface area contributed by atoms with Gasteiger partial charge >= 0.3 is 37.4 Å². The Balaban J connectivity index is 0.000000285. The van der Waals surface area contributed by atoms with Gasteiger partial charge in [-0.1, -0.05) is 35.3 Å². The molecule has 33 heteroatoms. The van der Waals surface area contributed by atoms with Crippen molar-refractivity contribution in [2.45, 2.75) is 74.2 Å². The highest BCUT2D eigenvalue weighted by Gasteiger charge is 2.62. The number of hydrogen-bond donors (Lipinski definition) is 3. The molecular formula is C44H36Cl2F14N12O5. The monoisotopic (exact) mass is 1150 g/mol. The van der Waals surface area contributed by atoms with Gasteiger partial charge in [0.15, 0.2) is 23.2 Å². The van der Waals surface area contributed by atoms with E-state index in [0.29, 0.717) is 35.0 Å². The molecule has 5 N–H and O–H groups in total. The summed E-state index contributed by atoms with van der Waals surface area (Å²) < 4.78 is 198. The highest BCUT2D eigenvalue weighted by atomic mass is 35.5. The van der Waals surface area contributed by atoms with Crippen LogP contribution >= 0.6 is 23.2 Å². The zero-order valence-electron chi connectivity index (χ0n) is 39.2. The van der Waals surface area contributed by atoms with E-state index in [1.165, 1.54) is 48.4 Å². The fraction of sp³-hybridized carbons (Fsp3) is 0.364. The lowest BCUT2D eigenvalue weighted by molar-refractivity contribution is -0.266. The first kappa shape index (κ1) is 60.2. The molecule has 2 aromatic carbocycles. The van der Waals surface area contributed by atoms with Gasteiger partial charge in [0.1, 0.15) is 29.2 Å². The second kappa shape index (κ2) is 22.9. The van der Waals surface area contributed by atoms with Crippen LogP contribution in [0.5, 0.6) is 0 Å². The number of nitrogens with one attached hydrogen (secondary N) is 1. The molecule has 414 valence electrons. The van der Waals surface area contributed by atoms with Crippen molar-refractivity contribution in [3.8, 4) is 34.4 Å². The van der Waals surface area contributed by atoms with E-state index in [0.717, 1.165) is 38.9 Å². The van der Waals surface area contributed by atoms with Gasteiger partial charge in [-0.2, -0.15) is 82.2 Å². The van der Waals surface area contributed by atoms with Crippen LogP contribution in [0.2, 0.25) is 10.0 Å². The molecule has 6 rings (SSSR count). The van der Waals surface area contributed by atoms with Gasteiger partial charge in [-0.25, -0.2) is 9.36 Å². The molecule has 2 saturated carbocycles. The predicted octanol–water partition coefficient (Wildman–Crippen LogP) is 9.26. The molecule has 2 aliphatic rings. The minimum atomic E-state index is -6.23. The van der Waals surface area contributed by atoms with Crippen LogP contribution < -0.4 is 16.8 Å².